The Hall–Kier alpha value is -3.06. The van der Waals surface area contributed by atoms with Crippen LogP contribution in [0.2, 0.25) is 0 Å². The second-order valence-corrected chi connectivity index (χ2v) is 8.37. The van der Waals surface area contributed by atoms with Gasteiger partial charge >= 0.3 is 0 Å². The molecule has 0 aromatic heterocycles. The van der Waals surface area contributed by atoms with Crippen molar-refractivity contribution in [2.24, 2.45) is 0 Å². The van der Waals surface area contributed by atoms with E-state index < -0.39 is 0 Å². The quantitative estimate of drug-likeness (QED) is 0.749. The van der Waals surface area contributed by atoms with Crippen LogP contribution < -0.4 is 20.1 Å². The molecular formula is C24H27N3O4. The Kier molecular flexibility index (Phi) is 5.51. The molecule has 1 aliphatic carbocycles. The lowest BCUT2D eigenvalue weighted by molar-refractivity contribution is -0.117. The van der Waals surface area contributed by atoms with E-state index in [1.807, 2.05) is 24.3 Å². The van der Waals surface area contributed by atoms with E-state index in [9.17, 15) is 9.59 Å². The highest BCUT2D eigenvalue weighted by Gasteiger charge is 2.29. The molecule has 0 bridgehead atoms. The number of carbonyl (C=O) groups excluding carboxylic acids is 2. The molecule has 0 spiro atoms. The number of hydrogen-bond donors (Lipinski definition) is 2. The second-order valence-electron chi connectivity index (χ2n) is 8.37. The highest BCUT2D eigenvalue weighted by molar-refractivity contribution is 6.04. The van der Waals surface area contributed by atoms with Gasteiger partial charge in [0.05, 0.1) is 17.8 Å². The Morgan fingerprint density at radius 3 is 2.65 bits per heavy atom. The maximum absolute atomic E-state index is 12.9. The first kappa shape index (κ1) is 19.9. The van der Waals surface area contributed by atoms with Crippen molar-refractivity contribution in [3.63, 3.8) is 0 Å². The zero-order valence-corrected chi connectivity index (χ0v) is 17.4. The number of carbonyl (C=O) groups is 2. The van der Waals surface area contributed by atoms with Crippen LogP contribution in [-0.2, 0) is 4.79 Å². The number of amides is 2. The van der Waals surface area contributed by atoms with Gasteiger partial charge in [-0.15, -0.1) is 0 Å². The van der Waals surface area contributed by atoms with Crippen LogP contribution in [-0.4, -0.2) is 49.1 Å². The van der Waals surface area contributed by atoms with Crippen molar-refractivity contribution in [1.82, 2.24) is 10.2 Å². The lowest BCUT2D eigenvalue weighted by Gasteiger charge is -2.26. The Morgan fingerprint density at radius 1 is 1.00 bits per heavy atom. The molecule has 1 atom stereocenters. The first-order valence-electron chi connectivity index (χ1n) is 11.0. The zero-order valence-electron chi connectivity index (χ0n) is 17.4. The average Bonchev–Trinajstić information content (AvgIpc) is 3.48. The SMILES string of the molecule is O=C(CN1CCC[C@@H]1c1ccc2c(c1)OCCO2)Nc1ccccc1C(=O)NC1CC1. The molecule has 2 fully saturated rings. The molecule has 31 heavy (non-hydrogen) atoms. The van der Waals surface area contributed by atoms with Gasteiger partial charge in [-0.25, -0.2) is 0 Å². The molecule has 1 saturated heterocycles. The number of rotatable bonds is 6. The van der Waals surface area contributed by atoms with Gasteiger partial charge in [-0.2, -0.15) is 0 Å². The minimum Gasteiger partial charge on any atom is -0.486 e. The van der Waals surface area contributed by atoms with Crippen LogP contribution in [0.5, 0.6) is 11.5 Å². The number of likely N-dealkylation sites (tertiary alicyclic amines) is 1. The summed E-state index contributed by atoms with van der Waals surface area (Å²) in [5.41, 5.74) is 2.20. The molecule has 2 aromatic rings. The number of fused-ring (bicyclic) bond motifs is 1. The van der Waals surface area contributed by atoms with Gasteiger partial charge in [-0.1, -0.05) is 18.2 Å². The van der Waals surface area contributed by atoms with E-state index in [2.05, 4.69) is 21.6 Å². The third-order valence-corrected chi connectivity index (χ3v) is 6.02. The predicted molar refractivity (Wildman–Crippen MR) is 117 cm³/mol. The number of benzene rings is 2. The van der Waals surface area contributed by atoms with Crippen molar-refractivity contribution in [2.75, 3.05) is 31.6 Å². The number of hydrogen-bond acceptors (Lipinski definition) is 5. The summed E-state index contributed by atoms with van der Waals surface area (Å²) in [6.07, 6.45) is 4.08. The maximum atomic E-state index is 12.9. The summed E-state index contributed by atoms with van der Waals surface area (Å²) in [7, 11) is 0. The fraction of sp³-hybridized carbons (Fsp3) is 0.417. The summed E-state index contributed by atoms with van der Waals surface area (Å²) < 4.78 is 11.3. The van der Waals surface area contributed by atoms with E-state index in [4.69, 9.17) is 9.47 Å². The molecule has 5 rings (SSSR count). The summed E-state index contributed by atoms with van der Waals surface area (Å²) in [6.45, 7) is 2.26. The van der Waals surface area contributed by atoms with Gasteiger partial charge < -0.3 is 20.1 Å². The molecule has 1 saturated carbocycles. The molecule has 0 radical (unpaired) electrons. The molecule has 7 nitrogen and oxygen atoms in total. The van der Waals surface area contributed by atoms with Gasteiger partial charge in [0.1, 0.15) is 13.2 Å². The smallest absolute Gasteiger partial charge is 0.253 e. The number of para-hydroxylation sites is 1. The van der Waals surface area contributed by atoms with Crippen molar-refractivity contribution in [2.45, 2.75) is 37.8 Å². The zero-order chi connectivity index (χ0) is 21.2. The van der Waals surface area contributed by atoms with Gasteiger partial charge in [0.25, 0.3) is 5.91 Å². The summed E-state index contributed by atoms with van der Waals surface area (Å²) in [4.78, 5) is 27.5. The Balaban J connectivity index is 1.26. The maximum Gasteiger partial charge on any atom is 0.253 e. The van der Waals surface area contributed by atoms with Crippen LogP contribution in [0, 0.1) is 0 Å². The topological polar surface area (TPSA) is 79.9 Å². The summed E-state index contributed by atoms with van der Waals surface area (Å²) in [5.74, 6) is 1.30. The summed E-state index contributed by atoms with van der Waals surface area (Å²) in [6, 6.07) is 13.7. The van der Waals surface area contributed by atoms with Crippen molar-refractivity contribution in [3.05, 3.63) is 53.6 Å². The normalized spacial score (nSPS) is 20.3. The van der Waals surface area contributed by atoms with Crippen molar-refractivity contribution >= 4 is 17.5 Å². The van der Waals surface area contributed by atoms with E-state index in [0.717, 1.165) is 49.3 Å². The van der Waals surface area contributed by atoms with Crippen molar-refractivity contribution in [3.8, 4) is 11.5 Å². The van der Waals surface area contributed by atoms with Gasteiger partial charge in [-0.3, -0.25) is 14.5 Å². The molecule has 2 heterocycles. The summed E-state index contributed by atoms with van der Waals surface area (Å²) in [5, 5.41) is 5.94. The van der Waals surface area contributed by atoms with Gasteiger partial charge in [-0.05, 0) is 62.1 Å². The van der Waals surface area contributed by atoms with Crippen LogP contribution in [0.1, 0.15) is 47.6 Å². The van der Waals surface area contributed by atoms with Crippen LogP contribution in [0.15, 0.2) is 42.5 Å². The standard InChI is InChI=1S/C24H27N3O4/c28-23(26-19-5-2-1-4-18(19)24(29)25-17-8-9-17)15-27-11-3-6-20(27)16-7-10-21-22(14-16)31-13-12-30-21/h1-2,4-5,7,10,14,17,20H,3,6,8-9,11-13,15H2,(H,25,29)(H,26,28)/t20-/m1/s1. The molecule has 0 unspecified atom stereocenters. The average molecular weight is 421 g/mol. The van der Waals surface area contributed by atoms with Crippen LogP contribution >= 0.6 is 0 Å². The lowest BCUT2D eigenvalue weighted by Crippen LogP contribution is -2.34. The lowest BCUT2D eigenvalue weighted by atomic mass is 10.0. The summed E-state index contributed by atoms with van der Waals surface area (Å²) >= 11 is 0. The van der Waals surface area contributed by atoms with Gasteiger partial charge in [0.2, 0.25) is 5.91 Å². The number of ether oxygens (including phenoxy) is 2. The fourth-order valence-corrected chi connectivity index (χ4v) is 4.32. The molecule has 2 aromatic carbocycles. The van der Waals surface area contributed by atoms with Gasteiger partial charge in [0, 0.05) is 12.1 Å². The molecule has 162 valence electrons. The minimum absolute atomic E-state index is 0.115. The van der Waals surface area contributed by atoms with E-state index >= 15 is 0 Å². The number of nitrogens with one attached hydrogen (secondary N) is 2. The highest BCUT2D eigenvalue weighted by atomic mass is 16.6. The van der Waals surface area contributed by atoms with Gasteiger partial charge in [0.15, 0.2) is 11.5 Å². The van der Waals surface area contributed by atoms with Crippen LogP contribution in [0.25, 0.3) is 0 Å². The second kappa shape index (κ2) is 8.59. The van der Waals surface area contributed by atoms with Crippen molar-refractivity contribution in [1.29, 1.82) is 0 Å². The molecule has 2 N–H and O–H groups in total. The molecule has 2 aliphatic heterocycles. The fourth-order valence-electron chi connectivity index (χ4n) is 4.32. The molecule has 7 heteroatoms. The molecule has 2 amide bonds. The highest BCUT2D eigenvalue weighted by Crippen LogP contribution is 2.38. The van der Waals surface area contributed by atoms with Crippen LogP contribution in [0.3, 0.4) is 0 Å². The third kappa shape index (κ3) is 4.51. The van der Waals surface area contributed by atoms with E-state index in [0.29, 0.717) is 24.5 Å². The predicted octanol–water partition coefficient (Wildman–Crippen LogP) is 3.13. The van der Waals surface area contributed by atoms with Crippen molar-refractivity contribution < 1.29 is 19.1 Å². The molecule has 3 aliphatic rings. The van der Waals surface area contributed by atoms with E-state index in [1.54, 1.807) is 12.1 Å². The monoisotopic (exact) mass is 421 g/mol. The van der Waals surface area contributed by atoms with E-state index in [-0.39, 0.29) is 30.4 Å². The number of nitrogens with zero attached hydrogens (tertiary/aromatic N) is 1. The molecular weight excluding hydrogens is 394 g/mol. The Labute approximate surface area is 181 Å². The largest absolute Gasteiger partial charge is 0.486 e. The first-order chi connectivity index (χ1) is 15.2. The number of anilines is 1. The van der Waals surface area contributed by atoms with E-state index in [1.165, 1.54) is 0 Å². The third-order valence-electron chi connectivity index (χ3n) is 6.02. The van der Waals surface area contributed by atoms with Crippen LogP contribution in [0.4, 0.5) is 5.69 Å². The minimum atomic E-state index is -0.131. The Bertz CT molecular complexity index is 989. The first-order valence-corrected chi connectivity index (χ1v) is 11.0. The Morgan fingerprint density at radius 2 is 1.81 bits per heavy atom.